The van der Waals surface area contributed by atoms with Crippen LogP contribution in [0.4, 0.5) is 0 Å². The van der Waals surface area contributed by atoms with Crippen LogP contribution in [0.3, 0.4) is 0 Å². The maximum Gasteiger partial charge on any atom is 0.311 e. The highest BCUT2D eigenvalue weighted by Crippen LogP contribution is 2.29. The van der Waals surface area contributed by atoms with Crippen LogP contribution in [0.1, 0.15) is 29.9 Å². The largest absolute Gasteiger partial charge is 0.414 e. The maximum absolute atomic E-state index is 12.2. The highest BCUT2D eigenvalue weighted by molar-refractivity contribution is 5.89. The van der Waals surface area contributed by atoms with Crippen LogP contribution >= 0.6 is 0 Å². The predicted molar refractivity (Wildman–Crippen MR) is 72.2 cm³/mol. The summed E-state index contributed by atoms with van der Waals surface area (Å²) in [6.07, 6.45) is 1.08. The van der Waals surface area contributed by atoms with Crippen molar-refractivity contribution >= 4 is 5.91 Å². The van der Waals surface area contributed by atoms with Crippen LogP contribution in [0.25, 0.3) is 0 Å². The van der Waals surface area contributed by atoms with Crippen LogP contribution < -0.4 is 0 Å². The van der Waals surface area contributed by atoms with Crippen molar-refractivity contribution < 1.29 is 13.9 Å². The maximum atomic E-state index is 12.2. The number of nitrogens with zero attached hydrogens (tertiary/aromatic N) is 4. The summed E-state index contributed by atoms with van der Waals surface area (Å²) < 4.78 is 10.2. The first-order chi connectivity index (χ1) is 9.43. The van der Waals surface area contributed by atoms with Gasteiger partial charge in [0.05, 0.1) is 0 Å². The summed E-state index contributed by atoms with van der Waals surface area (Å²) in [7, 11) is 5.41. The number of rotatable bonds is 5. The fourth-order valence-electron chi connectivity index (χ4n) is 2.73. The molecule has 112 valence electrons. The molecule has 1 aliphatic heterocycles. The van der Waals surface area contributed by atoms with E-state index in [2.05, 4.69) is 29.1 Å². The van der Waals surface area contributed by atoms with Gasteiger partial charge in [0.15, 0.2) is 0 Å². The first-order valence-corrected chi connectivity index (χ1v) is 6.69. The summed E-state index contributed by atoms with van der Waals surface area (Å²) in [6, 6.07) is 0. The topological polar surface area (TPSA) is 71.7 Å². The molecule has 1 saturated heterocycles. The quantitative estimate of drug-likeness (QED) is 0.789. The van der Waals surface area contributed by atoms with Crippen LogP contribution in [-0.2, 0) is 11.3 Å². The van der Waals surface area contributed by atoms with E-state index in [1.54, 1.807) is 11.9 Å². The van der Waals surface area contributed by atoms with Gasteiger partial charge in [0, 0.05) is 27.2 Å². The van der Waals surface area contributed by atoms with Crippen LogP contribution in [0.15, 0.2) is 4.42 Å². The van der Waals surface area contributed by atoms with Gasteiger partial charge in [-0.05, 0) is 25.4 Å². The van der Waals surface area contributed by atoms with E-state index in [0.717, 1.165) is 19.5 Å². The van der Waals surface area contributed by atoms with Crippen molar-refractivity contribution in [1.29, 1.82) is 0 Å². The minimum Gasteiger partial charge on any atom is -0.414 e. The number of hydrogen-bond acceptors (Lipinski definition) is 6. The third-order valence-electron chi connectivity index (χ3n) is 3.63. The number of carbonyl (C=O) groups is 1. The summed E-state index contributed by atoms with van der Waals surface area (Å²) in [5.74, 6) is 0.0983. The average Bonchev–Trinajstić information content (AvgIpc) is 2.96. The molecule has 1 aliphatic rings. The molecule has 1 atom stereocenters. The lowest BCUT2D eigenvalue weighted by molar-refractivity contribution is 0.0683. The Labute approximate surface area is 118 Å². The molecule has 1 amide bonds. The van der Waals surface area contributed by atoms with Gasteiger partial charge in [-0.25, -0.2) is 0 Å². The molecular formula is C13H22N4O3. The van der Waals surface area contributed by atoms with Gasteiger partial charge in [0.1, 0.15) is 6.61 Å². The van der Waals surface area contributed by atoms with Gasteiger partial charge in [-0.1, -0.05) is 6.92 Å². The lowest BCUT2D eigenvalue weighted by Crippen LogP contribution is -2.38. The van der Waals surface area contributed by atoms with Gasteiger partial charge in [-0.15, -0.1) is 10.2 Å². The summed E-state index contributed by atoms with van der Waals surface area (Å²) in [5, 5.41) is 7.54. The Hall–Kier alpha value is -1.47. The fraction of sp³-hybridized carbons (Fsp3) is 0.769. The van der Waals surface area contributed by atoms with Gasteiger partial charge < -0.3 is 19.0 Å². The number of hydrogen-bond donors (Lipinski definition) is 0. The molecule has 1 aromatic heterocycles. The molecule has 7 heteroatoms. The molecule has 0 N–H and O–H groups in total. The molecule has 0 aromatic carbocycles. The molecule has 0 bridgehead atoms. The van der Waals surface area contributed by atoms with E-state index in [4.69, 9.17) is 9.15 Å². The molecule has 7 nitrogen and oxygen atoms in total. The second-order valence-electron chi connectivity index (χ2n) is 5.89. The zero-order valence-corrected chi connectivity index (χ0v) is 12.5. The minimum absolute atomic E-state index is 0.0227. The lowest BCUT2D eigenvalue weighted by Gasteiger charge is -2.29. The Morgan fingerprint density at radius 2 is 2.30 bits per heavy atom. The number of carbonyl (C=O) groups excluding carboxylic acids is 1. The van der Waals surface area contributed by atoms with E-state index < -0.39 is 0 Å². The Balaban J connectivity index is 1.97. The van der Waals surface area contributed by atoms with E-state index in [-0.39, 0.29) is 23.8 Å². The Morgan fingerprint density at radius 1 is 1.55 bits per heavy atom. The van der Waals surface area contributed by atoms with Gasteiger partial charge >= 0.3 is 11.8 Å². The highest BCUT2D eigenvalue weighted by atomic mass is 16.5. The summed E-state index contributed by atoms with van der Waals surface area (Å²) in [5.41, 5.74) is 0.120. The molecule has 0 saturated carbocycles. The predicted octanol–water partition coefficient (Wildman–Crippen LogP) is 0.630. The standard InChI is InChI=1S/C13H22N4O3/c1-13(5-6-16(2)8-13)9-17(3)12(18)11-15-14-10(20-11)7-19-4/h5-9H2,1-4H3/t13-/m1/s1. The SMILES string of the molecule is COCc1nnc(C(=O)N(C)C[C@]2(C)CCN(C)C2)o1. The molecule has 0 spiro atoms. The Kier molecular flexibility index (Phi) is 4.39. The zero-order valence-electron chi connectivity index (χ0n) is 12.5. The van der Waals surface area contributed by atoms with E-state index in [1.165, 1.54) is 7.11 Å². The first kappa shape index (κ1) is 14.9. The van der Waals surface area contributed by atoms with Crippen molar-refractivity contribution in [2.75, 3.05) is 40.8 Å². The summed E-state index contributed by atoms with van der Waals surface area (Å²) in [6.45, 7) is 5.15. The van der Waals surface area contributed by atoms with Crippen LogP contribution in [0, 0.1) is 5.41 Å². The fourth-order valence-corrected chi connectivity index (χ4v) is 2.73. The van der Waals surface area contributed by atoms with Crippen LogP contribution in [0.2, 0.25) is 0 Å². The van der Waals surface area contributed by atoms with Crippen molar-refractivity contribution in [2.45, 2.75) is 20.0 Å². The lowest BCUT2D eigenvalue weighted by atomic mass is 9.89. The van der Waals surface area contributed by atoms with Gasteiger partial charge in [0.25, 0.3) is 0 Å². The molecule has 0 aliphatic carbocycles. The van der Waals surface area contributed by atoms with Crippen LogP contribution in [0.5, 0.6) is 0 Å². The third-order valence-corrected chi connectivity index (χ3v) is 3.63. The van der Waals surface area contributed by atoms with E-state index in [9.17, 15) is 4.79 Å². The zero-order chi connectivity index (χ0) is 14.8. The highest BCUT2D eigenvalue weighted by Gasteiger charge is 2.35. The van der Waals surface area contributed by atoms with Crippen molar-refractivity contribution in [3.8, 4) is 0 Å². The summed E-state index contributed by atoms with van der Waals surface area (Å²) in [4.78, 5) is 16.2. The van der Waals surface area contributed by atoms with E-state index in [1.807, 2.05) is 0 Å². The van der Waals surface area contributed by atoms with Gasteiger partial charge in [0.2, 0.25) is 5.89 Å². The molecular weight excluding hydrogens is 260 g/mol. The molecule has 1 fully saturated rings. The Bertz CT molecular complexity index is 476. The number of aromatic nitrogens is 2. The first-order valence-electron chi connectivity index (χ1n) is 6.69. The number of likely N-dealkylation sites (tertiary alicyclic amines) is 1. The molecule has 2 heterocycles. The van der Waals surface area contributed by atoms with Crippen molar-refractivity contribution in [2.24, 2.45) is 5.41 Å². The van der Waals surface area contributed by atoms with Gasteiger partial charge in [-0.2, -0.15) is 0 Å². The second kappa shape index (κ2) is 5.88. The number of ether oxygens (including phenoxy) is 1. The van der Waals surface area contributed by atoms with Crippen molar-refractivity contribution in [3.05, 3.63) is 11.8 Å². The smallest absolute Gasteiger partial charge is 0.311 e. The molecule has 2 rings (SSSR count). The second-order valence-corrected chi connectivity index (χ2v) is 5.89. The third kappa shape index (κ3) is 3.34. The number of methoxy groups -OCH3 is 1. The average molecular weight is 282 g/mol. The number of amides is 1. The van der Waals surface area contributed by atoms with Crippen LogP contribution in [-0.4, -0.2) is 66.7 Å². The normalized spacial score (nSPS) is 23.2. The molecule has 20 heavy (non-hydrogen) atoms. The summed E-state index contributed by atoms with van der Waals surface area (Å²) >= 11 is 0. The van der Waals surface area contributed by atoms with Crippen molar-refractivity contribution in [3.63, 3.8) is 0 Å². The molecule has 0 unspecified atom stereocenters. The van der Waals surface area contributed by atoms with Gasteiger partial charge in [-0.3, -0.25) is 4.79 Å². The monoisotopic (exact) mass is 282 g/mol. The molecule has 0 radical (unpaired) electrons. The minimum atomic E-state index is -0.240. The van der Waals surface area contributed by atoms with E-state index >= 15 is 0 Å². The van der Waals surface area contributed by atoms with Crippen molar-refractivity contribution in [1.82, 2.24) is 20.0 Å². The molecule has 1 aromatic rings. The Morgan fingerprint density at radius 3 is 2.90 bits per heavy atom. The van der Waals surface area contributed by atoms with E-state index in [0.29, 0.717) is 12.4 Å².